The fraction of sp³-hybridized carbons (Fsp3) is 0.222. The Morgan fingerprint density at radius 2 is 1.96 bits per heavy atom. The lowest BCUT2D eigenvalue weighted by molar-refractivity contribution is 0.0600. The predicted octanol–water partition coefficient (Wildman–Crippen LogP) is 3.05. The van der Waals surface area contributed by atoms with Gasteiger partial charge in [-0.25, -0.2) is 14.8 Å². The van der Waals surface area contributed by atoms with Crippen molar-refractivity contribution in [1.29, 1.82) is 0 Å². The number of ether oxygens (including phenoxy) is 1. The first kappa shape index (κ1) is 16.6. The van der Waals surface area contributed by atoms with E-state index in [-0.39, 0.29) is 11.9 Å². The lowest BCUT2D eigenvalue weighted by Gasteiger charge is -2.08. The van der Waals surface area contributed by atoms with E-state index in [1.807, 2.05) is 18.4 Å². The molecule has 2 heterocycles. The maximum atomic E-state index is 12.4. The molecule has 3 aromatic rings. The molecule has 0 atom stereocenters. The van der Waals surface area contributed by atoms with Gasteiger partial charge in [0.25, 0.3) is 5.91 Å². The van der Waals surface area contributed by atoms with Crippen LogP contribution in [0, 0.1) is 0 Å². The van der Waals surface area contributed by atoms with Gasteiger partial charge in [-0.15, -0.1) is 0 Å². The molecule has 1 amide bonds. The Bertz CT molecular complexity index is 946. The summed E-state index contributed by atoms with van der Waals surface area (Å²) in [5.74, 6) is -0.783. The molecule has 25 heavy (non-hydrogen) atoms. The number of fused-ring (bicyclic) bond motifs is 1. The Balaban J connectivity index is 1.84. The largest absolute Gasteiger partial charge is 0.465 e. The summed E-state index contributed by atoms with van der Waals surface area (Å²) in [5.41, 5.74) is 2.65. The van der Waals surface area contributed by atoms with E-state index in [2.05, 4.69) is 20.0 Å². The fourth-order valence-corrected chi connectivity index (χ4v) is 2.47. The van der Waals surface area contributed by atoms with Crippen molar-refractivity contribution in [3.63, 3.8) is 0 Å². The normalized spacial score (nSPS) is 10.9. The van der Waals surface area contributed by atoms with Crippen LogP contribution in [-0.4, -0.2) is 33.5 Å². The number of anilines is 1. The van der Waals surface area contributed by atoms with Crippen LogP contribution in [0.15, 0.2) is 42.9 Å². The molecular weight excluding hydrogens is 320 g/mol. The summed E-state index contributed by atoms with van der Waals surface area (Å²) < 4.78 is 6.62. The van der Waals surface area contributed by atoms with Crippen LogP contribution in [0.4, 0.5) is 5.69 Å². The quantitative estimate of drug-likeness (QED) is 0.739. The summed E-state index contributed by atoms with van der Waals surface area (Å²) in [4.78, 5) is 32.7. The van der Waals surface area contributed by atoms with Gasteiger partial charge in [-0.3, -0.25) is 4.79 Å². The van der Waals surface area contributed by atoms with Gasteiger partial charge in [-0.1, -0.05) is 6.07 Å². The summed E-state index contributed by atoms with van der Waals surface area (Å²) in [6, 6.07) is 8.48. The third-order valence-electron chi connectivity index (χ3n) is 3.77. The first-order valence-electron chi connectivity index (χ1n) is 7.82. The first-order chi connectivity index (χ1) is 12.0. The first-order valence-corrected chi connectivity index (χ1v) is 7.82. The second-order valence-electron chi connectivity index (χ2n) is 5.84. The maximum absolute atomic E-state index is 12.4. The molecule has 2 aromatic heterocycles. The number of nitrogens with zero attached hydrogens (tertiary/aromatic N) is 3. The number of aromatic nitrogens is 3. The van der Waals surface area contributed by atoms with Crippen molar-refractivity contribution in [3.05, 3.63) is 54.0 Å². The number of carbonyl (C=O) groups excluding carboxylic acids is 2. The molecule has 0 radical (unpaired) electrons. The minimum atomic E-state index is -0.460. The standard InChI is InChI=1S/C18H18N4O3/c1-11(2)22-10-20-15-8-13(9-19-16(15)22)17(23)21-14-6-4-5-12(7-14)18(24)25-3/h4-11H,1-3H3,(H,21,23). The zero-order chi connectivity index (χ0) is 18.0. The van der Waals surface area contributed by atoms with E-state index in [0.29, 0.717) is 22.3 Å². The van der Waals surface area contributed by atoms with Gasteiger partial charge in [0.2, 0.25) is 0 Å². The summed E-state index contributed by atoms with van der Waals surface area (Å²) in [5, 5.41) is 2.75. The molecule has 128 valence electrons. The number of amides is 1. The molecule has 0 unspecified atom stereocenters. The minimum Gasteiger partial charge on any atom is -0.465 e. The number of nitrogens with one attached hydrogen (secondary N) is 1. The molecule has 7 nitrogen and oxygen atoms in total. The highest BCUT2D eigenvalue weighted by Crippen LogP contribution is 2.18. The third-order valence-corrected chi connectivity index (χ3v) is 3.77. The molecule has 3 rings (SSSR count). The zero-order valence-corrected chi connectivity index (χ0v) is 14.2. The Kier molecular flexibility index (Phi) is 4.47. The van der Waals surface area contributed by atoms with Gasteiger partial charge in [0.05, 0.1) is 24.6 Å². The van der Waals surface area contributed by atoms with Gasteiger partial charge >= 0.3 is 5.97 Å². The van der Waals surface area contributed by atoms with Crippen molar-refractivity contribution in [2.75, 3.05) is 12.4 Å². The molecular formula is C18H18N4O3. The molecule has 0 saturated heterocycles. The predicted molar refractivity (Wildman–Crippen MR) is 93.6 cm³/mol. The van der Waals surface area contributed by atoms with Gasteiger partial charge in [0.1, 0.15) is 5.52 Å². The van der Waals surface area contributed by atoms with Gasteiger partial charge < -0.3 is 14.6 Å². The van der Waals surface area contributed by atoms with E-state index >= 15 is 0 Å². The number of rotatable bonds is 4. The van der Waals surface area contributed by atoms with E-state index in [0.717, 1.165) is 5.65 Å². The van der Waals surface area contributed by atoms with Crippen LogP contribution < -0.4 is 5.32 Å². The average Bonchev–Trinajstić information content (AvgIpc) is 3.04. The molecule has 0 spiro atoms. The van der Waals surface area contributed by atoms with E-state index < -0.39 is 5.97 Å². The second-order valence-corrected chi connectivity index (χ2v) is 5.84. The molecule has 0 fully saturated rings. The second kappa shape index (κ2) is 6.72. The topological polar surface area (TPSA) is 86.1 Å². The number of benzene rings is 1. The Morgan fingerprint density at radius 3 is 2.68 bits per heavy atom. The van der Waals surface area contributed by atoms with Crippen molar-refractivity contribution in [2.24, 2.45) is 0 Å². The van der Waals surface area contributed by atoms with E-state index in [1.54, 1.807) is 36.7 Å². The van der Waals surface area contributed by atoms with Crippen molar-refractivity contribution < 1.29 is 14.3 Å². The van der Waals surface area contributed by atoms with Gasteiger partial charge in [-0.05, 0) is 38.1 Å². The summed E-state index contributed by atoms with van der Waals surface area (Å²) in [6.07, 6.45) is 3.23. The molecule has 0 saturated carbocycles. The lowest BCUT2D eigenvalue weighted by atomic mass is 10.2. The van der Waals surface area contributed by atoms with Crippen LogP contribution in [0.2, 0.25) is 0 Å². The highest BCUT2D eigenvalue weighted by atomic mass is 16.5. The molecule has 7 heteroatoms. The van der Waals surface area contributed by atoms with Gasteiger partial charge in [0, 0.05) is 17.9 Å². The van der Waals surface area contributed by atoms with Crippen molar-refractivity contribution in [2.45, 2.75) is 19.9 Å². The van der Waals surface area contributed by atoms with Crippen LogP contribution >= 0.6 is 0 Å². The van der Waals surface area contributed by atoms with E-state index in [9.17, 15) is 9.59 Å². The molecule has 1 aromatic carbocycles. The number of esters is 1. The van der Waals surface area contributed by atoms with Crippen LogP contribution in [0.25, 0.3) is 11.2 Å². The van der Waals surface area contributed by atoms with E-state index in [4.69, 9.17) is 0 Å². The molecule has 1 N–H and O–H groups in total. The zero-order valence-electron chi connectivity index (χ0n) is 14.2. The third kappa shape index (κ3) is 3.35. The number of methoxy groups -OCH3 is 1. The SMILES string of the molecule is COC(=O)c1cccc(NC(=O)c2cnc3c(c2)ncn3C(C)C)c1. The van der Waals surface area contributed by atoms with Crippen molar-refractivity contribution in [3.8, 4) is 0 Å². The lowest BCUT2D eigenvalue weighted by Crippen LogP contribution is -2.13. The smallest absolute Gasteiger partial charge is 0.337 e. The molecule has 0 aliphatic rings. The Hall–Kier alpha value is -3.22. The van der Waals surface area contributed by atoms with Gasteiger partial charge in [-0.2, -0.15) is 0 Å². The van der Waals surface area contributed by atoms with Crippen molar-refractivity contribution in [1.82, 2.24) is 14.5 Å². The number of pyridine rings is 1. The number of hydrogen-bond acceptors (Lipinski definition) is 5. The number of carbonyl (C=O) groups is 2. The number of imidazole rings is 1. The van der Waals surface area contributed by atoms with Crippen LogP contribution in [0.5, 0.6) is 0 Å². The Morgan fingerprint density at radius 1 is 1.16 bits per heavy atom. The maximum Gasteiger partial charge on any atom is 0.337 e. The molecule has 0 bridgehead atoms. The minimum absolute atomic E-state index is 0.234. The summed E-state index contributed by atoms with van der Waals surface area (Å²) in [7, 11) is 1.31. The molecule has 0 aliphatic heterocycles. The van der Waals surface area contributed by atoms with Crippen LogP contribution in [-0.2, 0) is 4.74 Å². The van der Waals surface area contributed by atoms with Crippen molar-refractivity contribution >= 4 is 28.7 Å². The van der Waals surface area contributed by atoms with Crippen LogP contribution in [0.3, 0.4) is 0 Å². The van der Waals surface area contributed by atoms with E-state index in [1.165, 1.54) is 13.3 Å². The highest BCUT2D eigenvalue weighted by molar-refractivity contribution is 6.05. The Labute approximate surface area is 144 Å². The summed E-state index contributed by atoms with van der Waals surface area (Å²) >= 11 is 0. The highest BCUT2D eigenvalue weighted by Gasteiger charge is 2.13. The molecule has 0 aliphatic carbocycles. The monoisotopic (exact) mass is 338 g/mol. The van der Waals surface area contributed by atoms with Crippen LogP contribution in [0.1, 0.15) is 40.6 Å². The average molecular weight is 338 g/mol. The fourth-order valence-electron chi connectivity index (χ4n) is 2.47. The summed E-state index contributed by atoms with van der Waals surface area (Å²) in [6.45, 7) is 4.08. The number of hydrogen-bond donors (Lipinski definition) is 1. The van der Waals surface area contributed by atoms with Gasteiger partial charge in [0.15, 0.2) is 5.65 Å².